The van der Waals surface area contributed by atoms with Gasteiger partial charge in [0.1, 0.15) is 0 Å². The summed E-state index contributed by atoms with van der Waals surface area (Å²) in [4.78, 5) is 0. The van der Waals surface area contributed by atoms with Gasteiger partial charge >= 0.3 is 59.1 Å². The third kappa shape index (κ3) is 335. The van der Waals surface area contributed by atoms with Crippen molar-refractivity contribution in [1.82, 2.24) is 0 Å². The van der Waals surface area contributed by atoms with Crippen LogP contribution < -0.4 is 59.1 Å². The largest absolute Gasteiger partial charge is 1.00 e. The molecule has 0 amide bonds. The minimum Gasteiger partial charge on any atom is -0.759 e. The van der Waals surface area contributed by atoms with Crippen LogP contribution in [0.3, 0.4) is 0 Å². The van der Waals surface area contributed by atoms with Crippen molar-refractivity contribution in [1.29, 1.82) is 0 Å². The Morgan fingerprint density at radius 2 is 1.30 bits per heavy atom. The molecule has 0 radical (unpaired) electrons. The van der Waals surface area contributed by atoms with Crippen molar-refractivity contribution in [2.24, 2.45) is 0 Å². The topological polar surface area (TPSA) is 100 Å². The first-order valence-electron chi connectivity index (χ1n) is 1.33. The molecule has 10 heavy (non-hydrogen) atoms. The summed E-state index contributed by atoms with van der Waals surface area (Å²) in [6.07, 6.45) is 0.750. The minimum atomic E-state index is -5.17. The number of aliphatic hydroxyl groups is 1. The quantitative estimate of drug-likeness (QED) is 0.175. The van der Waals surface area contributed by atoms with Crippen LogP contribution in [0.4, 0.5) is 0 Å². The predicted octanol–water partition coefficient (Wildman–Crippen LogP) is -6.64. The molecule has 1 N–H and O–H groups in total. The molecule has 0 aliphatic carbocycles. The van der Waals surface area contributed by atoms with Crippen molar-refractivity contribution in [2.75, 3.05) is 0 Å². The van der Waals surface area contributed by atoms with Gasteiger partial charge in [-0.25, -0.2) is 0 Å². The molecule has 0 spiro atoms. The van der Waals surface area contributed by atoms with E-state index < -0.39 is 10.4 Å². The summed E-state index contributed by atoms with van der Waals surface area (Å²) in [5, 5.41) is 7.33. The fraction of sp³-hybridized carbons (Fsp3) is 0. The standard InChI is InChI=1S/C2H4O.2Na.H2O4S/c1-2-3;;;1-5(2,3)4/h2-3H,1H2;;;(H2,1,2,3,4)/q;2*+1;/p-2. The molecule has 0 aromatic heterocycles. The third-order valence-electron chi connectivity index (χ3n) is 0. The molecule has 0 atom stereocenters. The van der Waals surface area contributed by atoms with Gasteiger partial charge in [0.15, 0.2) is 0 Å². The van der Waals surface area contributed by atoms with Crippen LogP contribution >= 0.6 is 0 Å². The van der Waals surface area contributed by atoms with Crippen molar-refractivity contribution in [2.45, 2.75) is 0 Å². The van der Waals surface area contributed by atoms with Gasteiger partial charge < -0.3 is 14.2 Å². The van der Waals surface area contributed by atoms with Gasteiger partial charge in [-0.3, -0.25) is 8.42 Å². The second-order valence-electron chi connectivity index (χ2n) is 0.591. The van der Waals surface area contributed by atoms with E-state index in [4.69, 9.17) is 22.6 Å². The molecule has 0 aromatic carbocycles. The maximum atomic E-state index is 8.52. The molecule has 0 saturated heterocycles. The van der Waals surface area contributed by atoms with E-state index >= 15 is 0 Å². The van der Waals surface area contributed by atoms with Crippen LogP contribution in [0.2, 0.25) is 0 Å². The van der Waals surface area contributed by atoms with Crippen molar-refractivity contribution in [3.63, 3.8) is 0 Å². The monoisotopic (exact) mass is 186 g/mol. The van der Waals surface area contributed by atoms with Crippen LogP contribution in [0.15, 0.2) is 12.8 Å². The van der Waals surface area contributed by atoms with Crippen LogP contribution in [0, 0.1) is 0 Å². The fourth-order valence-corrected chi connectivity index (χ4v) is 0. The fourth-order valence-electron chi connectivity index (χ4n) is 0. The summed E-state index contributed by atoms with van der Waals surface area (Å²) in [7, 11) is -5.17. The minimum absolute atomic E-state index is 0. The Bertz CT molecular complexity index is 132. The zero-order valence-corrected chi connectivity index (χ0v) is 10.6. The summed E-state index contributed by atoms with van der Waals surface area (Å²) in [6, 6.07) is 0. The van der Waals surface area contributed by atoms with E-state index in [0.717, 1.165) is 6.26 Å². The van der Waals surface area contributed by atoms with Crippen LogP contribution in [0.1, 0.15) is 0 Å². The van der Waals surface area contributed by atoms with E-state index in [0.29, 0.717) is 0 Å². The van der Waals surface area contributed by atoms with E-state index in [1.807, 2.05) is 0 Å². The number of hydrogen-bond acceptors (Lipinski definition) is 5. The molecule has 0 aliphatic rings. The molecule has 0 saturated carbocycles. The second kappa shape index (κ2) is 13.0. The Hall–Kier alpha value is 1.41. The molecule has 0 aromatic rings. The zero-order chi connectivity index (χ0) is 7.21. The molecule has 0 unspecified atom stereocenters. The van der Waals surface area contributed by atoms with Crippen molar-refractivity contribution >= 4 is 10.4 Å². The smallest absolute Gasteiger partial charge is 0.759 e. The van der Waals surface area contributed by atoms with E-state index in [1.165, 1.54) is 0 Å². The zero-order valence-electron chi connectivity index (χ0n) is 5.77. The van der Waals surface area contributed by atoms with Crippen LogP contribution in [0.5, 0.6) is 0 Å². The van der Waals surface area contributed by atoms with Crippen molar-refractivity contribution in [3.8, 4) is 0 Å². The molecule has 0 fully saturated rings. The average molecular weight is 186 g/mol. The van der Waals surface area contributed by atoms with Gasteiger partial charge in [0.05, 0.1) is 6.26 Å². The first-order valence-corrected chi connectivity index (χ1v) is 2.67. The Morgan fingerprint density at radius 3 is 1.30 bits per heavy atom. The SMILES string of the molecule is C=CO.O=S(=O)([O-])[O-].[Na+].[Na+]. The summed E-state index contributed by atoms with van der Waals surface area (Å²) < 4.78 is 34.1. The third-order valence-corrected chi connectivity index (χ3v) is 0. The van der Waals surface area contributed by atoms with Crippen LogP contribution in [0.25, 0.3) is 0 Å². The van der Waals surface area contributed by atoms with Gasteiger partial charge in [-0.1, -0.05) is 6.58 Å². The molecular weight excluding hydrogens is 182 g/mol. The molecule has 0 aliphatic heterocycles. The van der Waals surface area contributed by atoms with E-state index in [2.05, 4.69) is 6.58 Å². The molecule has 0 bridgehead atoms. The van der Waals surface area contributed by atoms with Crippen LogP contribution in [-0.2, 0) is 10.4 Å². The predicted molar refractivity (Wildman–Crippen MR) is 23.3 cm³/mol. The Labute approximate surface area is 104 Å². The van der Waals surface area contributed by atoms with E-state index in [1.54, 1.807) is 0 Å². The number of rotatable bonds is 0. The van der Waals surface area contributed by atoms with Gasteiger partial charge in [-0.05, 0) is 0 Å². The molecular formula is C2H4Na2O5S. The Morgan fingerprint density at radius 1 is 1.30 bits per heavy atom. The summed E-state index contributed by atoms with van der Waals surface area (Å²) in [5.74, 6) is 0. The first-order chi connectivity index (χ1) is 3.41. The van der Waals surface area contributed by atoms with Gasteiger partial charge in [0.2, 0.25) is 0 Å². The molecule has 5 nitrogen and oxygen atoms in total. The normalized spacial score (nSPS) is 7.00. The first kappa shape index (κ1) is 22.5. The summed E-state index contributed by atoms with van der Waals surface area (Å²) in [5.41, 5.74) is 0. The molecule has 0 rings (SSSR count). The maximum absolute atomic E-state index is 8.52. The summed E-state index contributed by atoms with van der Waals surface area (Å²) >= 11 is 0. The maximum Gasteiger partial charge on any atom is 1.00 e. The summed E-state index contributed by atoms with van der Waals surface area (Å²) in [6.45, 7) is 2.92. The van der Waals surface area contributed by atoms with Crippen molar-refractivity contribution in [3.05, 3.63) is 12.8 Å². The molecule has 8 heteroatoms. The Balaban J connectivity index is -0.0000000326. The van der Waals surface area contributed by atoms with Gasteiger partial charge in [0, 0.05) is 10.4 Å². The Kier molecular flexibility index (Phi) is 29.3. The van der Waals surface area contributed by atoms with Crippen molar-refractivity contribution < 1.29 is 81.7 Å². The van der Waals surface area contributed by atoms with E-state index in [-0.39, 0.29) is 59.1 Å². The van der Waals surface area contributed by atoms with Crippen LogP contribution in [-0.4, -0.2) is 22.6 Å². The van der Waals surface area contributed by atoms with Gasteiger partial charge in [-0.2, -0.15) is 0 Å². The number of hydrogen-bond donors (Lipinski definition) is 1. The average Bonchev–Trinajstić information content (AvgIpc) is 1.27. The molecule has 0 heterocycles. The second-order valence-corrected chi connectivity index (χ2v) is 1.41. The molecule has 50 valence electrons. The van der Waals surface area contributed by atoms with E-state index in [9.17, 15) is 0 Å². The number of aliphatic hydroxyl groups excluding tert-OH is 1. The van der Waals surface area contributed by atoms with Gasteiger partial charge in [-0.15, -0.1) is 0 Å². The van der Waals surface area contributed by atoms with Gasteiger partial charge in [0.25, 0.3) is 0 Å².